The Balaban J connectivity index is 1.51. The zero-order valence-electron chi connectivity index (χ0n) is 13.5. The van der Waals surface area contributed by atoms with Gasteiger partial charge in [0.05, 0.1) is 11.2 Å². The summed E-state index contributed by atoms with van der Waals surface area (Å²) in [6, 6.07) is 8.24. The van der Waals surface area contributed by atoms with E-state index in [1.54, 1.807) is 6.20 Å². The highest BCUT2D eigenvalue weighted by atomic mass is 35.5. The molecule has 3 saturated heterocycles. The van der Waals surface area contributed by atoms with Gasteiger partial charge in [0.15, 0.2) is 0 Å². The number of carbonyl (C=O) groups is 1. The maximum Gasteiger partial charge on any atom is 0.263 e. The SMILES string of the molecule is C[C@H]1[C@H](NC(=O)c2cnc(-c3ccccc3Cl)s2)C2CCN1CC2. The number of benzene rings is 1. The van der Waals surface area contributed by atoms with Crippen molar-refractivity contribution in [3.8, 4) is 10.6 Å². The van der Waals surface area contributed by atoms with Gasteiger partial charge in [-0.25, -0.2) is 4.98 Å². The Kier molecular flexibility index (Phi) is 4.33. The molecule has 0 saturated carbocycles. The monoisotopic (exact) mass is 361 g/mol. The number of amides is 1. The zero-order chi connectivity index (χ0) is 16.7. The van der Waals surface area contributed by atoms with E-state index in [-0.39, 0.29) is 11.9 Å². The van der Waals surface area contributed by atoms with Crippen molar-refractivity contribution in [1.82, 2.24) is 15.2 Å². The summed E-state index contributed by atoms with van der Waals surface area (Å²) in [5.74, 6) is 0.585. The molecule has 3 fully saturated rings. The van der Waals surface area contributed by atoms with Crippen molar-refractivity contribution in [2.24, 2.45) is 5.92 Å². The van der Waals surface area contributed by atoms with Crippen LogP contribution in [0.3, 0.4) is 0 Å². The van der Waals surface area contributed by atoms with Gasteiger partial charge in [-0.2, -0.15) is 0 Å². The summed E-state index contributed by atoms with van der Waals surface area (Å²) in [5, 5.41) is 4.69. The highest BCUT2D eigenvalue weighted by Crippen LogP contribution is 2.33. The van der Waals surface area contributed by atoms with Crippen LogP contribution >= 0.6 is 22.9 Å². The van der Waals surface area contributed by atoms with Crippen molar-refractivity contribution < 1.29 is 4.79 Å². The predicted molar refractivity (Wildman–Crippen MR) is 97.6 cm³/mol. The van der Waals surface area contributed by atoms with Crippen molar-refractivity contribution in [1.29, 1.82) is 0 Å². The second-order valence-corrected chi connectivity index (χ2v) is 8.06. The summed E-state index contributed by atoms with van der Waals surface area (Å²) in [6.45, 7) is 4.54. The van der Waals surface area contributed by atoms with E-state index in [1.165, 1.54) is 24.2 Å². The fourth-order valence-electron chi connectivity index (χ4n) is 3.91. The predicted octanol–water partition coefficient (Wildman–Crippen LogP) is 3.68. The molecule has 2 bridgehead atoms. The number of aromatic nitrogens is 1. The average Bonchev–Trinajstić information content (AvgIpc) is 3.09. The standard InChI is InChI=1S/C18H20ClN3OS/c1-11-16(12-6-8-22(11)9-7-12)21-17(23)15-10-20-18(24-15)13-4-2-3-5-14(13)19/h2-5,10-12,16H,6-9H2,1H3,(H,21,23)/t11-,16-/m0/s1. The van der Waals surface area contributed by atoms with Crippen molar-refractivity contribution in [3.05, 3.63) is 40.4 Å². The van der Waals surface area contributed by atoms with Gasteiger partial charge in [-0.15, -0.1) is 11.3 Å². The van der Waals surface area contributed by atoms with Crippen LogP contribution in [-0.2, 0) is 0 Å². The first-order chi connectivity index (χ1) is 11.6. The van der Waals surface area contributed by atoms with E-state index in [0.717, 1.165) is 23.7 Å². The molecule has 1 N–H and O–H groups in total. The third-order valence-electron chi connectivity index (χ3n) is 5.31. The van der Waals surface area contributed by atoms with Crippen LogP contribution in [0.1, 0.15) is 29.4 Å². The largest absolute Gasteiger partial charge is 0.347 e. The Morgan fingerprint density at radius 3 is 2.79 bits per heavy atom. The van der Waals surface area contributed by atoms with E-state index in [4.69, 9.17) is 11.6 Å². The van der Waals surface area contributed by atoms with Gasteiger partial charge >= 0.3 is 0 Å². The van der Waals surface area contributed by atoms with Gasteiger partial charge in [0, 0.05) is 17.6 Å². The van der Waals surface area contributed by atoms with Gasteiger partial charge < -0.3 is 5.32 Å². The van der Waals surface area contributed by atoms with Crippen LogP contribution in [0.25, 0.3) is 10.6 Å². The number of rotatable bonds is 3. The molecule has 3 aliphatic rings. The zero-order valence-corrected chi connectivity index (χ0v) is 15.1. The number of carbonyl (C=O) groups excluding carboxylic acids is 1. The van der Waals surface area contributed by atoms with Crippen LogP contribution in [-0.4, -0.2) is 41.0 Å². The van der Waals surface area contributed by atoms with E-state index in [0.29, 0.717) is 21.9 Å². The lowest BCUT2D eigenvalue weighted by molar-refractivity contribution is 0.0218. The van der Waals surface area contributed by atoms with Gasteiger partial charge in [-0.1, -0.05) is 29.8 Å². The van der Waals surface area contributed by atoms with Crippen LogP contribution in [0.5, 0.6) is 0 Å². The smallest absolute Gasteiger partial charge is 0.263 e. The quantitative estimate of drug-likeness (QED) is 0.907. The molecule has 0 radical (unpaired) electrons. The molecular weight excluding hydrogens is 342 g/mol. The molecule has 24 heavy (non-hydrogen) atoms. The van der Waals surface area contributed by atoms with Crippen molar-refractivity contribution >= 4 is 28.8 Å². The fraction of sp³-hybridized carbons (Fsp3) is 0.444. The van der Waals surface area contributed by atoms with Crippen LogP contribution in [0.2, 0.25) is 5.02 Å². The number of nitrogens with zero attached hydrogens (tertiary/aromatic N) is 2. The lowest BCUT2D eigenvalue weighted by Gasteiger charge is -2.49. The Hall–Kier alpha value is -1.43. The lowest BCUT2D eigenvalue weighted by atomic mass is 9.79. The van der Waals surface area contributed by atoms with Gasteiger partial charge in [-0.05, 0) is 44.8 Å². The van der Waals surface area contributed by atoms with Crippen molar-refractivity contribution in [2.75, 3.05) is 13.1 Å². The summed E-state index contributed by atoms with van der Waals surface area (Å²) in [6.07, 6.45) is 4.02. The molecule has 4 nitrogen and oxygen atoms in total. The van der Waals surface area contributed by atoms with E-state index in [9.17, 15) is 4.79 Å². The molecule has 0 aliphatic carbocycles. The van der Waals surface area contributed by atoms with Crippen LogP contribution in [0, 0.1) is 5.92 Å². The van der Waals surface area contributed by atoms with Crippen LogP contribution in [0.4, 0.5) is 0 Å². The molecule has 3 aliphatic heterocycles. The Morgan fingerprint density at radius 2 is 2.08 bits per heavy atom. The van der Waals surface area contributed by atoms with Gasteiger partial charge in [0.1, 0.15) is 9.88 Å². The number of fused-ring (bicyclic) bond motifs is 3. The summed E-state index contributed by atoms with van der Waals surface area (Å²) in [7, 11) is 0. The van der Waals surface area contributed by atoms with Crippen LogP contribution in [0.15, 0.2) is 30.5 Å². The second-order valence-electron chi connectivity index (χ2n) is 6.62. The first kappa shape index (κ1) is 16.1. The maximum atomic E-state index is 12.7. The minimum absolute atomic E-state index is 0.0172. The highest BCUT2D eigenvalue weighted by molar-refractivity contribution is 7.17. The third kappa shape index (κ3) is 2.85. The molecule has 1 aromatic carbocycles. The maximum absolute atomic E-state index is 12.7. The van der Waals surface area contributed by atoms with Gasteiger partial charge in [0.2, 0.25) is 0 Å². The third-order valence-corrected chi connectivity index (χ3v) is 6.67. The molecule has 0 unspecified atom stereocenters. The number of nitrogens with one attached hydrogen (secondary N) is 1. The van der Waals surface area contributed by atoms with Crippen LogP contribution < -0.4 is 5.32 Å². The number of hydrogen-bond acceptors (Lipinski definition) is 4. The topological polar surface area (TPSA) is 45.2 Å². The van der Waals surface area contributed by atoms with E-state index in [1.807, 2.05) is 24.3 Å². The first-order valence-corrected chi connectivity index (χ1v) is 9.58. The highest BCUT2D eigenvalue weighted by Gasteiger charge is 2.40. The Morgan fingerprint density at radius 1 is 1.33 bits per heavy atom. The molecule has 1 amide bonds. The molecule has 126 valence electrons. The molecule has 2 atom stereocenters. The summed E-state index contributed by atoms with van der Waals surface area (Å²) >= 11 is 7.62. The molecular formula is C18H20ClN3OS. The van der Waals surface area contributed by atoms with E-state index < -0.39 is 0 Å². The molecule has 2 aromatic rings. The first-order valence-electron chi connectivity index (χ1n) is 8.39. The molecule has 4 heterocycles. The van der Waals surface area contributed by atoms with Crippen molar-refractivity contribution in [2.45, 2.75) is 31.8 Å². The number of thiazole rings is 1. The summed E-state index contributed by atoms with van der Waals surface area (Å²) in [4.78, 5) is 20.2. The minimum Gasteiger partial charge on any atom is -0.347 e. The van der Waals surface area contributed by atoms with E-state index >= 15 is 0 Å². The van der Waals surface area contributed by atoms with Crippen molar-refractivity contribution in [3.63, 3.8) is 0 Å². The van der Waals surface area contributed by atoms with Gasteiger partial charge in [-0.3, -0.25) is 9.69 Å². The number of hydrogen-bond donors (Lipinski definition) is 1. The summed E-state index contributed by atoms with van der Waals surface area (Å²) in [5.41, 5.74) is 0.874. The number of halogens is 1. The minimum atomic E-state index is -0.0172. The average molecular weight is 362 g/mol. The molecule has 1 aromatic heterocycles. The molecule has 6 heteroatoms. The molecule has 0 spiro atoms. The Labute approximate surface area is 150 Å². The normalized spacial score (nSPS) is 28.8. The molecule has 5 rings (SSSR count). The lowest BCUT2D eigenvalue weighted by Crippen LogP contribution is -2.62. The fourth-order valence-corrected chi connectivity index (χ4v) is 5.05. The summed E-state index contributed by atoms with van der Waals surface area (Å²) < 4.78 is 0. The second kappa shape index (κ2) is 6.47. The Bertz CT molecular complexity index is 752. The number of piperidine rings is 3. The van der Waals surface area contributed by atoms with Gasteiger partial charge in [0.25, 0.3) is 5.91 Å². The van der Waals surface area contributed by atoms with E-state index in [2.05, 4.69) is 22.1 Å².